The fraction of sp³-hybridized carbons (Fsp3) is 0.100. The van der Waals surface area contributed by atoms with Gasteiger partial charge in [-0.25, -0.2) is 9.67 Å². The molecule has 7 heteroatoms. The third kappa shape index (κ3) is 2.25. The van der Waals surface area contributed by atoms with Gasteiger partial charge in [0.2, 0.25) is 0 Å². The molecule has 0 unspecified atom stereocenters. The molecule has 0 saturated carbocycles. The van der Waals surface area contributed by atoms with Crippen molar-refractivity contribution in [3.8, 4) is 5.69 Å². The second kappa shape index (κ2) is 4.35. The van der Waals surface area contributed by atoms with E-state index in [0.29, 0.717) is 11.5 Å². The van der Waals surface area contributed by atoms with E-state index < -0.39 is 5.91 Å². The molecule has 2 aromatic rings. The number of amides is 1. The van der Waals surface area contributed by atoms with E-state index in [9.17, 15) is 4.79 Å². The van der Waals surface area contributed by atoms with Gasteiger partial charge < -0.3 is 5.73 Å². The zero-order valence-electron chi connectivity index (χ0n) is 8.82. The number of nitrogens with zero attached hydrogens (tertiary/aromatic N) is 3. The summed E-state index contributed by atoms with van der Waals surface area (Å²) < 4.78 is 1.51. The minimum absolute atomic E-state index is 0.105. The Morgan fingerprint density at radius 2 is 1.94 bits per heavy atom. The summed E-state index contributed by atoms with van der Waals surface area (Å²) in [7, 11) is 0. The summed E-state index contributed by atoms with van der Waals surface area (Å²) in [5.74, 6) is -0.0439. The number of nitrogens with two attached hydrogens (primary N) is 1. The number of hydrogen-bond acceptors (Lipinski definition) is 3. The number of carbonyl (C=O) groups excluding carboxylic acids is 1. The van der Waals surface area contributed by atoms with Gasteiger partial charge >= 0.3 is 0 Å². The molecule has 2 N–H and O–H groups in total. The molecule has 17 heavy (non-hydrogen) atoms. The van der Waals surface area contributed by atoms with E-state index >= 15 is 0 Å². The van der Waals surface area contributed by atoms with Crippen LogP contribution in [-0.4, -0.2) is 20.7 Å². The van der Waals surface area contributed by atoms with Gasteiger partial charge in [0.05, 0.1) is 21.3 Å². The van der Waals surface area contributed by atoms with Crippen molar-refractivity contribution in [1.82, 2.24) is 14.8 Å². The average molecular weight is 271 g/mol. The largest absolute Gasteiger partial charge is 0.366 e. The summed E-state index contributed by atoms with van der Waals surface area (Å²) in [6.07, 6.45) is 1.53. The molecule has 0 saturated heterocycles. The van der Waals surface area contributed by atoms with Gasteiger partial charge in [0, 0.05) is 0 Å². The SMILES string of the molecule is Cc1ncn(-c2cc(Cl)c(C(N)=O)c(Cl)c2)n1. The Balaban J connectivity index is 2.56. The van der Waals surface area contributed by atoms with E-state index in [4.69, 9.17) is 28.9 Å². The normalized spacial score (nSPS) is 10.5. The third-order valence-electron chi connectivity index (χ3n) is 2.14. The minimum Gasteiger partial charge on any atom is -0.366 e. The van der Waals surface area contributed by atoms with Gasteiger partial charge in [0.15, 0.2) is 0 Å². The first-order valence-electron chi connectivity index (χ1n) is 4.66. The summed E-state index contributed by atoms with van der Waals surface area (Å²) >= 11 is 11.9. The first-order chi connectivity index (χ1) is 7.99. The van der Waals surface area contributed by atoms with Crippen LogP contribution in [0.5, 0.6) is 0 Å². The lowest BCUT2D eigenvalue weighted by atomic mass is 10.2. The fourth-order valence-electron chi connectivity index (χ4n) is 1.40. The molecular weight excluding hydrogens is 263 g/mol. The number of aromatic nitrogens is 3. The van der Waals surface area contributed by atoms with E-state index in [2.05, 4.69) is 10.1 Å². The van der Waals surface area contributed by atoms with Crippen LogP contribution >= 0.6 is 23.2 Å². The highest BCUT2D eigenvalue weighted by Gasteiger charge is 2.14. The van der Waals surface area contributed by atoms with Crippen LogP contribution in [0, 0.1) is 6.92 Å². The van der Waals surface area contributed by atoms with Crippen LogP contribution in [0.1, 0.15) is 16.2 Å². The predicted molar refractivity (Wildman–Crippen MR) is 64.6 cm³/mol. The molecule has 0 fully saturated rings. The van der Waals surface area contributed by atoms with Crippen LogP contribution in [0.2, 0.25) is 10.0 Å². The van der Waals surface area contributed by atoms with Crippen LogP contribution in [0.3, 0.4) is 0 Å². The van der Waals surface area contributed by atoms with Gasteiger partial charge in [-0.15, -0.1) is 0 Å². The Kier molecular flexibility index (Phi) is 3.04. The topological polar surface area (TPSA) is 73.8 Å². The maximum Gasteiger partial charge on any atom is 0.251 e. The summed E-state index contributed by atoms with van der Waals surface area (Å²) in [6.45, 7) is 1.76. The Morgan fingerprint density at radius 1 is 1.35 bits per heavy atom. The Labute approximate surface area is 107 Å². The fourth-order valence-corrected chi connectivity index (χ4v) is 2.06. The van der Waals surface area contributed by atoms with Gasteiger partial charge in [-0.2, -0.15) is 5.10 Å². The van der Waals surface area contributed by atoms with Crippen molar-refractivity contribution < 1.29 is 4.79 Å². The molecule has 5 nitrogen and oxygen atoms in total. The molecule has 1 heterocycles. The second-order valence-corrected chi connectivity index (χ2v) is 4.20. The molecule has 0 radical (unpaired) electrons. The number of carbonyl (C=O) groups is 1. The molecule has 1 amide bonds. The van der Waals surface area contributed by atoms with Crippen LogP contribution < -0.4 is 5.73 Å². The smallest absolute Gasteiger partial charge is 0.251 e. The van der Waals surface area contributed by atoms with Crippen molar-refractivity contribution >= 4 is 29.1 Å². The predicted octanol–water partition coefficient (Wildman–Crippen LogP) is 1.98. The van der Waals surface area contributed by atoms with Crippen molar-refractivity contribution in [3.05, 3.63) is 39.9 Å². The molecule has 0 bridgehead atoms. The van der Waals surface area contributed by atoms with Crippen LogP contribution in [-0.2, 0) is 0 Å². The Hall–Kier alpha value is -1.59. The van der Waals surface area contributed by atoms with Gasteiger partial charge in [-0.05, 0) is 19.1 Å². The molecule has 0 atom stereocenters. The number of hydrogen-bond donors (Lipinski definition) is 1. The van der Waals surface area contributed by atoms with Gasteiger partial charge in [-0.1, -0.05) is 23.2 Å². The van der Waals surface area contributed by atoms with E-state index in [1.165, 1.54) is 11.0 Å². The van der Waals surface area contributed by atoms with Crippen LogP contribution in [0.15, 0.2) is 18.5 Å². The number of halogens is 2. The van der Waals surface area contributed by atoms with E-state index in [1.54, 1.807) is 19.1 Å². The first-order valence-corrected chi connectivity index (χ1v) is 5.42. The third-order valence-corrected chi connectivity index (χ3v) is 2.74. The number of aryl methyl sites for hydroxylation is 1. The second-order valence-electron chi connectivity index (χ2n) is 3.39. The summed E-state index contributed by atoms with van der Waals surface area (Å²) in [6, 6.07) is 3.11. The highest BCUT2D eigenvalue weighted by Crippen LogP contribution is 2.27. The molecule has 1 aromatic carbocycles. The van der Waals surface area contributed by atoms with Crippen molar-refractivity contribution in [2.45, 2.75) is 6.92 Å². The van der Waals surface area contributed by atoms with E-state index in [-0.39, 0.29) is 15.6 Å². The quantitative estimate of drug-likeness (QED) is 0.907. The minimum atomic E-state index is -0.665. The average Bonchev–Trinajstić information content (AvgIpc) is 2.63. The lowest BCUT2D eigenvalue weighted by molar-refractivity contribution is 0.100. The standard InChI is InChI=1S/C10H8Cl2N4O/c1-5-14-4-16(15-5)6-2-7(11)9(10(13)17)8(12)3-6/h2-4H,1H3,(H2,13,17). The van der Waals surface area contributed by atoms with Crippen LogP contribution in [0.4, 0.5) is 0 Å². The molecular formula is C10H8Cl2N4O. The van der Waals surface area contributed by atoms with E-state index in [1.807, 2.05) is 0 Å². The Morgan fingerprint density at radius 3 is 2.35 bits per heavy atom. The van der Waals surface area contributed by atoms with Crippen molar-refractivity contribution in [2.75, 3.05) is 0 Å². The lowest BCUT2D eigenvalue weighted by Gasteiger charge is -2.06. The van der Waals surface area contributed by atoms with Crippen molar-refractivity contribution in [3.63, 3.8) is 0 Å². The zero-order valence-corrected chi connectivity index (χ0v) is 10.3. The van der Waals surface area contributed by atoms with Crippen LogP contribution in [0.25, 0.3) is 5.69 Å². The highest BCUT2D eigenvalue weighted by atomic mass is 35.5. The monoisotopic (exact) mass is 270 g/mol. The molecule has 88 valence electrons. The van der Waals surface area contributed by atoms with Gasteiger partial charge in [0.25, 0.3) is 5.91 Å². The number of rotatable bonds is 2. The lowest BCUT2D eigenvalue weighted by Crippen LogP contribution is -2.12. The molecule has 0 aliphatic carbocycles. The summed E-state index contributed by atoms with van der Waals surface area (Å²) in [4.78, 5) is 15.1. The molecule has 0 aliphatic heterocycles. The van der Waals surface area contributed by atoms with E-state index in [0.717, 1.165) is 0 Å². The Bertz CT molecular complexity index is 571. The summed E-state index contributed by atoms with van der Waals surface area (Å²) in [5.41, 5.74) is 5.89. The zero-order chi connectivity index (χ0) is 12.6. The van der Waals surface area contributed by atoms with Gasteiger partial charge in [0.1, 0.15) is 12.2 Å². The summed E-state index contributed by atoms with van der Waals surface area (Å²) in [5, 5.41) is 4.49. The maximum absolute atomic E-state index is 11.1. The molecule has 2 rings (SSSR count). The van der Waals surface area contributed by atoms with Crippen molar-refractivity contribution in [2.24, 2.45) is 5.73 Å². The molecule has 1 aromatic heterocycles. The molecule has 0 aliphatic rings. The highest BCUT2D eigenvalue weighted by molar-refractivity contribution is 6.39. The first kappa shape index (κ1) is 11.9. The number of benzene rings is 1. The van der Waals surface area contributed by atoms with Crippen molar-refractivity contribution in [1.29, 1.82) is 0 Å². The maximum atomic E-state index is 11.1. The van der Waals surface area contributed by atoms with Gasteiger partial charge in [-0.3, -0.25) is 4.79 Å². The number of primary amides is 1. The molecule has 0 spiro atoms.